The number of aromatic nitrogens is 2. The molecule has 1 fully saturated rings. The first-order chi connectivity index (χ1) is 10.1. The molecule has 120 valence electrons. The Labute approximate surface area is 136 Å². The molecule has 1 aliphatic heterocycles. The lowest BCUT2D eigenvalue weighted by atomic mass is 9.88. The van der Waals surface area contributed by atoms with Crippen molar-refractivity contribution in [2.75, 3.05) is 13.2 Å². The van der Waals surface area contributed by atoms with Gasteiger partial charge in [0.2, 0.25) is 0 Å². The molecule has 2 heterocycles. The minimum Gasteiger partial charge on any atom is -0.378 e. The van der Waals surface area contributed by atoms with Gasteiger partial charge < -0.3 is 10.1 Å². The van der Waals surface area contributed by atoms with Crippen LogP contribution < -0.4 is 5.32 Å². The number of aryl methyl sites for hydroxylation is 2. The Morgan fingerprint density at radius 3 is 2.81 bits per heavy atom. The van der Waals surface area contributed by atoms with E-state index in [1.54, 1.807) is 0 Å². The largest absolute Gasteiger partial charge is 0.378 e. The monoisotopic (exact) mass is 357 g/mol. The molecule has 0 spiro atoms. The van der Waals surface area contributed by atoms with Crippen LogP contribution in [0.1, 0.15) is 45.0 Å². The first kappa shape index (κ1) is 17.0. The van der Waals surface area contributed by atoms with Crippen LogP contribution in [0.4, 0.5) is 0 Å². The van der Waals surface area contributed by atoms with Gasteiger partial charge in [-0.25, -0.2) is 0 Å². The summed E-state index contributed by atoms with van der Waals surface area (Å²) >= 11 is 3.72. The van der Waals surface area contributed by atoms with Gasteiger partial charge in [0.05, 0.1) is 22.0 Å². The first-order valence-corrected chi connectivity index (χ1v) is 8.98. The van der Waals surface area contributed by atoms with Crippen molar-refractivity contribution in [2.24, 2.45) is 5.92 Å². The molecule has 3 unspecified atom stereocenters. The lowest BCUT2D eigenvalue weighted by Crippen LogP contribution is -2.42. The summed E-state index contributed by atoms with van der Waals surface area (Å²) < 4.78 is 9.19. The van der Waals surface area contributed by atoms with Crippen LogP contribution in [-0.4, -0.2) is 35.1 Å². The zero-order chi connectivity index (χ0) is 15.4. The summed E-state index contributed by atoms with van der Waals surface area (Å²) in [5.74, 6) is 0.599. The maximum atomic E-state index is 5.90. The molecule has 1 aromatic rings. The van der Waals surface area contributed by atoms with Crippen LogP contribution in [0.5, 0.6) is 0 Å². The minimum atomic E-state index is 0.395. The quantitative estimate of drug-likeness (QED) is 0.813. The van der Waals surface area contributed by atoms with Crippen LogP contribution in [0.15, 0.2) is 4.47 Å². The summed E-state index contributed by atoms with van der Waals surface area (Å²) in [5, 5.41) is 8.30. The summed E-state index contributed by atoms with van der Waals surface area (Å²) in [6.07, 6.45) is 3.66. The first-order valence-electron chi connectivity index (χ1n) is 8.19. The van der Waals surface area contributed by atoms with E-state index in [0.29, 0.717) is 18.1 Å². The Morgan fingerprint density at radius 2 is 2.19 bits per heavy atom. The van der Waals surface area contributed by atoms with E-state index < -0.39 is 0 Å². The van der Waals surface area contributed by atoms with E-state index in [9.17, 15) is 0 Å². The second kappa shape index (κ2) is 7.75. The van der Waals surface area contributed by atoms with Gasteiger partial charge in [-0.1, -0.05) is 13.8 Å². The van der Waals surface area contributed by atoms with Crippen molar-refractivity contribution in [1.29, 1.82) is 0 Å². The molecule has 0 bridgehead atoms. The number of rotatable bonds is 7. The number of nitrogens with zero attached hydrogens (tertiary/aromatic N) is 2. The zero-order valence-electron chi connectivity index (χ0n) is 13.7. The summed E-state index contributed by atoms with van der Waals surface area (Å²) in [4.78, 5) is 0. The lowest BCUT2D eigenvalue weighted by Gasteiger charge is -2.28. The molecule has 1 saturated heterocycles. The number of hydrogen-bond acceptors (Lipinski definition) is 3. The van der Waals surface area contributed by atoms with Crippen LogP contribution in [0, 0.1) is 12.8 Å². The molecule has 0 radical (unpaired) electrons. The van der Waals surface area contributed by atoms with Crippen molar-refractivity contribution >= 4 is 15.9 Å². The molecule has 0 aromatic carbocycles. The fraction of sp³-hybridized carbons (Fsp3) is 0.812. The van der Waals surface area contributed by atoms with Crippen molar-refractivity contribution in [2.45, 2.75) is 65.6 Å². The van der Waals surface area contributed by atoms with Crippen LogP contribution in [0.25, 0.3) is 0 Å². The van der Waals surface area contributed by atoms with Gasteiger partial charge in [-0.15, -0.1) is 0 Å². The molecule has 0 saturated carbocycles. The van der Waals surface area contributed by atoms with Gasteiger partial charge in [-0.3, -0.25) is 4.68 Å². The Hall–Kier alpha value is -0.390. The molecule has 1 aliphatic rings. The molecule has 1 aromatic heterocycles. The average molecular weight is 358 g/mol. The Bertz CT molecular complexity index is 461. The van der Waals surface area contributed by atoms with Crippen molar-refractivity contribution in [3.05, 3.63) is 15.9 Å². The van der Waals surface area contributed by atoms with Crippen molar-refractivity contribution in [3.8, 4) is 0 Å². The molecule has 2 rings (SSSR count). The summed E-state index contributed by atoms with van der Waals surface area (Å²) in [6.45, 7) is 11.4. The fourth-order valence-corrected chi connectivity index (χ4v) is 3.90. The molecular formula is C16H28BrN3O. The van der Waals surface area contributed by atoms with Crippen LogP contribution in [-0.2, 0) is 17.7 Å². The van der Waals surface area contributed by atoms with E-state index in [2.05, 4.69) is 58.7 Å². The molecule has 4 nitrogen and oxygen atoms in total. The third-order valence-electron chi connectivity index (χ3n) is 4.51. The average Bonchev–Trinajstić information content (AvgIpc) is 3.06. The van der Waals surface area contributed by atoms with E-state index in [-0.39, 0.29) is 0 Å². The molecule has 1 N–H and O–H groups in total. The third-order valence-corrected chi connectivity index (χ3v) is 5.54. The maximum Gasteiger partial charge on any atom is 0.0738 e. The smallest absolute Gasteiger partial charge is 0.0738 e. The van der Waals surface area contributed by atoms with Crippen molar-refractivity contribution in [1.82, 2.24) is 15.1 Å². The van der Waals surface area contributed by atoms with Gasteiger partial charge in [-0.2, -0.15) is 5.10 Å². The fourth-order valence-electron chi connectivity index (χ4n) is 3.46. The Kier molecular flexibility index (Phi) is 6.26. The Morgan fingerprint density at radius 1 is 1.43 bits per heavy atom. The molecular weight excluding hydrogens is 330 g/mol. The maximum absolute atomic E-state index is 5.90. The van der Waals surface area contributed by atoms with Gasteiger partial charge in [0, 0.05) is 31.5 Å². The highest BCUT2D eigenvalue weighted by Gasteiger charge is 2.34. The molecule has 5 heteroatoms. The summed E-state index contributed by atoms with van der Waals surface area (Å²) in [7, 11) is 0. The minimum absolute atomic E-state index is 0.395. The van der Waals surface area contributed by atoms with Gasteiger partial charge >= 0.3 is 0 Å². The van der Waals surface area contributed by atoms with Crippen molar-refractivity contribution < 1.29 is 4.74 Å². The number of ether oxygens (including phenoxy) is 1. The SMILES string of the molecule is CCNC(Cc1c(Br)c(C)nn1CC)C1CCOC1CC. The topological polar surface area (TPSA) is 39.1 Å². The Balaban J connectivity index is 2.20. The predicted octanol–water partition coefficient (Wildman–Crippen LogP) is 3.31. The normalized spacial score (nSPS) is 23.7. The van der Waals surface area contributed by atoms with Crippen molar-refractivity contribution in [3.63, 3.8) is 0 Å². The molecule has 21 heavy (non-hydrogen) atoms. The highest BCUT2D eigenvalue weighted by atomic mass is 79.9. The number of hydrogen-bond donors (Lipinski definition) is 1. The number of nitrogens with one attached hydrogen (secondary N) is 1. The molecule has 3 atom stereocenters. The highest BCUT2D eigenvalue weighted by molar-refractivity contribution is 9.10. The van der Waals surface area contributed by atoms with E-state index in [1.807, 2.05) is 0 Å². The summed E-state index contributed by atoms with van der Waals surface area (Å²) in [6, 6.07) is 0.458. The summed E-state index contributed by atoms with van der Waals surface area (Å²) in [5.41, 5.74) is 2.39. The van der Waals surface area contributed by atoms with Crippen LogP contribution in [0.3, 0.4) is 0 Å². The van der Waals surface area contributed by atoms with E-state index in [0.717, 1.165) is 44.7 Å². The third kappa shape index (κ3) is 3.69. The standard InChI is InChI=1S/C16H28BrN3O/c1-5-15-12(8-9-21-15)13(18-6-2)10-14-16(17)11(4)19-20(14)7-3/h12-13,15,18H,5-10H2,1-4H3. The zero-order valence-corrected chi connectivity index (χ0v) is 15.2. The number of likely N-dealkylation sites (N-methyl/N-ethyl adjacent to an activating group) is 1. The van der Waals surface area contributed by atoms with Gasteiger partial charge in [0.25, 0.3) is 0 Å². The predicted molar refractivity (Wildman–Crippen MR) is 89.6 cm³/mol. The van der Waals surface area contributed by atoms with Gasteiger partial charge in [-0.05, 0) is 49.2 Å². The lowest BCUT2D eigenvalue weighted by molar-refractivity contribution is 0.0774. The van der Waals surface area contributed by atoms with E-state index >= 15 is 0 Å². The number of halogens is 1. The van der Waals surface area contributed by atoms with Gasteiger partial charge in [0.15, 0.2) is 0 Å². The molecule has 0 aliphatic carbocycles. The molecule has 0 amide bonds. The van der Waals surface area contributed by atoms with Crippen LogP contribution in [0.2, 0.25) is 0 Å². The van der Waals surface area contributed by atoms with Crippen LogP contribution >= 0.6 is 15.9 Å². The highest BCUT2D eigenvalue weighted by Crippen LogP contribution is 2.30. The second-order valence-corrected chi connectivity index (χ2v) is 6.59. The van der Waals surface area contributed by atoms with E-state index in [1.165, 1.54) is 10.2 Å². The van der Waals surface area contributed by atoms with Gasteiger partial charge in [0.1, 0.15) is 0 Å². The second-order valence-electron chi connectivity index (χ2n) is 5.80. The van der Waals surface area contributed by atoms with E-state index in [4.69, 9.17) is 4.74 Å².